The quantitative estimate of drug-likeness (QED) is 0.393. The molecule has 4 heavy (non-hydrogen) atoms. The second-order valence-corrected chi connectivity index (χ2v) is 3.66. The molecule has 3 heteroatoms. The van der Waals surface area contributed by atoms with Crippen LogP contribution in [0.25, 0.3) is 0 Å². The first-order valence-electron chi connectivity index (χ1n) is 1.07. The SMILES string of the molecule is C[SiH][Si]=O. The van der Waals surface area contributed by atoms with Crippen LogP contribution in [0.4, 0.5) is 0 Å². The van der Waals surface area contributed by atoms with Crippen LogP contribution in [0, 0.1) is 0 Å². The van der Waals surface area contributed by atoms with Crippen molar-refractivity contribution in [1.82, 2.24) is 0 Å². The molecule has 0 N–H and O–H groups in total. The molecule has 0 aliphatic heterocycles. The Balaban J connectivity index is 2.30. The first-order valence-corrected chi connectivity index (χ1v) is 4.94. The standard InChI is InChI=1S/CH4OSi2/c1-3-4-2/h3H,1H3. The van der Waals surface area contributed by atoms with E-state index >= 15 is 0 Å². The maximum Gasteiger partial charge on any atom is 0.294 e. The van der Waals surface area contributed by atoms with Gasteiger partial charge in [-0.05, 0) is 0 Å². The van der Waals surface area contributed by atoms with Crippen molar-refractivity contribution in [3.05, 3.63) is 0 Å². The van der Waals surface area contributed by atoms with Crippen molar-refractivity contribution in [1.29, 1.82) is 0 Å². The van der Waals surface area contributed by atoms with Crippen LogP contribution in [0.5, 0.6) is 0 Å². The molecule has 0 fully saturated rings. The molecule has 0 rings (SSSR count). The van der Waals surface area contributed by atoms with Crippen LogP contribution in [-0.4, -0.2) is 18.0 Å². The second kappa shape index (κ2) is 3.23. The predicted octanol–water partition coefficient (Wildman–Crippen LogP) is -0.564. The maximum absolute atomic E-state index is 9.36. The van der Waals surface area contributed by atoms with Gasteiger partial charge in [0, 0.05) is 0 Å². The highest BCUT2D eigenvalue weighted by atomic mass is 29.1. The summed E-state index contributed by atoms with van der Waals surface area (Å²) >= 11 is 0. The Morgan fingerprint density at radius 2 is 2.25 bits per heavy atom. The molecule has 1 nitrogen and oxygen atoms in total. The third kappa shape index (κ3) is 2.23. The monoisotopic (exact) mass is 88.0 g/mol. The largest absolute Gasteiger partial charge is 0.390 e. The van der Waals surface area contributed by atoms with Gasteiger partial charge < -0.3 is 4.46 Å². The van der Waals surface area contributed by atoms with Crippen LogP contribution in [0.3, 0.4) is 0 Å². The normalized spacial score (nSPS) is 6.25. The molecule has 0 amide bonds. The van der Waals surface area contributed by atoms with Gasteiger partial charge in [-0.3, -0.25) is 0 Å². The average molecular weight is 88.2 g/mol. The van der Waals surface area contributed by atoms with E-state index in [2.05, 4.69) is 0 Å². The molecule has 0 saturated carbocycles. The van der Waals surface area contributed by atoms with Gasteiger partial charge in [-0.1, -0.05) is 6.55 Å². The van der Waals surface area contributed by atoms with E-state index in [0.29, 0.717) is 0 Å². The molecule has 2 radical (unpaired) electrons. The summed E-state index contributed by atoms with van der Waals surface area (Å²) in [6.07, 6.45) is 0. The molecule has 0 aliphatic rings. The Labute approximate surface area is 29.9 Å². The van der Waals surface area contributed by atoms with E-state index < -0.39 is 0 Å². The lowest BCUT2D eigenvalue weighted by atomic mass is 11.9. The third-order valence-electron chi connectivity index (χ3n) is 0.118. The average Bonchev–Trinajstić information content (AvgIpc) is 1.37. The highest BCUT2D eigenvalue weighted by Crippen LogP contribution is 1.30. The molecule has 0 aliphatic carbocycles. The Morgan fingerprint density at radius 3 is 2.25 bits per heavy atom. The zero-order valence-corrected chi connectivity index (χ0v) is 4.64. The zero-order chi connectivity index (χ0) is 3.41. The van der Waals surface area contributed by atoms with E-state index in [1.165, 1.54) is 0 Å². The van der Waals surface area contributed by atoms with Gasteiger partial charge in [0.15, 0.2) is 0 Å². The molecule has 0 heterocycles. The first kappa shape index (κ1) is 4.23. The lowest BCUT2D eigenvalue weighted by Crippen LogP contribution is -1.79. The van der Waals surface area contributed by atoms with Crippen molar-refractivity contribution in [3.8, 4) is 0 Å². The van der Waals surface area contributed by atoms with Crippen LogP contribution in [0.15, 0.2) is 0 Å². The van der Waals surface area contributed by atoms with Gasteiger partial charge in [-0.25, -0.2) is 0 Å². The Hall–Kier alpha value is 0.234. The van der Waals surface area contributed by atoms with Crippen molar-refractivity contribution < 1.29 is 4.46 Å². The van der Waals surface area contributed by atoms with E-state index in [1.54, 1.807) is 0 Å². The Kier molecular flexibility index (Phi) is 3.42. The molecule has 0 aromatic rings. The van der Waals surface area contributed by atoms with Gasteiger partial charge in [0.2, 0.25) is 0 Å². The van der Waals surface area contributed by atoms with Gasteiger partial charge in [-0.15, -0.1) is 0 Å². The molecule has 0 aromatic heterocycles. The van der Waals surface area contributed by atoms with Crippen molar-refractivity contribution in [3.63, 3.8) is 0 Å². The van der Waals surface area contributed by atoms with Crippen LogP contribution < -0.4 is 0 Å². The zero-order valence-electron chi connectivity index (χ0n) is 2.49. The van der Waals surface area contributed by atoms with E-state index in [1.807, 2.05) is 6.55 Å². The minimum atomic E-state index is -0.0262. The minimum Gasteiger partial charge on any atom is -0.390 e. The summed E-state index contributed by atoms with van der Waals surface area (Å²) < 4.78 is 9.36. The van der Waals surface area contributed by atoms with Gasteiger partial charge in [-0.2, -0.15) is 0 Å². The van der Waals surface area contributed by atoms with Gasteiger partial charge in [0.05, 0.1) is 9.04 Å². The summed E-state index contributed by atoms with van der Waals surface area (Å²) in [7, 11) is 0.228. The van der Waals surface area contributed by atoms with Crippen molar-refractivity contribution in [2.75, 3.05) is 0 Å². The van der Waals surface area contributed by atoms with E-state index in [0.717, 1.165) is 0 Å². The van der Waals surface area contributed by atoms with Crippen LogP contribution in [-0.2, 0) is 4.46 Å². The molecule has 0 bridgehead atoms. The molecular weight excluding hydrogens is 84.2 g/mol. The number of rotatable bonds is 1. The lowest BCUT2D eigenvalue weighted by Gasteiger charge is -1.44. The van der Waals surface area contributed by atoms with E-state index in [-0.39, 0.29) is 18.0 Å². The third-order valence-corrected chi connectivity index (χ3v) is 1.06. The number of hydrogen-bond donors (Lipinski definition) is 0. The summed E-state index contributed by atoms with van der Waals surface area (Å²) in [4.78, 5) is 0. The van der Waals surface area contributed by atoms with Crippen LogP contribution in [0.1, 0.15) is 0 Å². The second-order valence-electron chi connectivity index (χ2n) is 0.407. The molecule has 0 unspecified atom stereocenters. The van der Waals surface area contributed by atoms with Crippen molar-refractivity contribution in [2.45, 2.75) is 6.55 Å². The highest BCUT2D eigenvalue weighted by molar-refractivity contribution is 6.92. The van der Waals surface area contributed by atoms with Crippen molar-refractivity contribution in [2.24, 2.45) is 0 Å². The molecule has 22 valence electrons. The maximum atomic E-state index is 9.36. The smallest absolute Gasteiger partial charge is 0.294 e. The van der Waals surface area contributed by atoms with Crippen LogP contribution >= 0.6 is 0 Å². The summed E-state index contributed by atoms with van der Waals surface area (Å²) in [5, 5.41) is 0. The predicted molar refractivity (Wildman–Crippen MR) is 19.5 cm³/mol. The fourth-order valence-corrected chi connectivity index (χ4v) is 0. The van der Waals surface area contributed by atoms with Crippen molar-refractivity contribution >= 4 is 18.0 Å². The fraction of sp³-hybridized carbons (Fsp3) is 1.00. The number of hydrogen-bond acceptors (Lipinski definition) is 1. The summed E-state index contributed by atoms with van der Waals surface area (Å²) in [6, 6.07) is 0. The van der Waals surface area contributed by atoms with Gasteiger partial charge in [0.25, 0.3) is 8.92 Å². The van der Waals surface area contributed by atoms with E-state index in [4.69, 9.17) is 0 Å². The molecular formula is CH4OSi2. The van der Waals surface area contributed by atoms with E-state index in [9.17, 15) is 4.46 Å². The molecule has 0 spiro atoms. The summed E-state index contributed by atoms with van der Waals surface area (Å²) in [5.74, 6) is 0. The topological polar surface area (TPSA) is 17.1 Å². The molecule has 0 aromatic carbocycles. The molecule has 0 saturated heterocycles. The minimum absolute atomic E-state index is 0.0262. The summed E-state index contributed by atoms with van der Waals surface area (Å²) in [6.45, 7) is 1.96. The fourth-order valence-electron chi connectivity index (χ4n) is 0. The lowest BCUT2D eigenvalue weighted by molar-refractivity contribution is 0.586. The first-order chi connectivity index (χ1) is 1.91. The summed E-state index contributed by atoms with van der Waals surface area (Å²) in [5.41, 5.74) is 0. The van der Waals surface area contributed by atoms with Gasteiger partial charge >= 0.3 is 0 Å². The Morgan fingerprint density at radius 1 is 2.00 bits per heavy atom. The highest BCUT2D eigenvalue weighted by Gasteiger charge is 1.62. The van der Waals surface area contributed by atoms with Crippen LogP contribution in [0.2, 0.25) is 6.55 Å². The molecule has 0 atom stereocenters. The Bertz CT molecular complexity index is 20.0. The van der Waals surface area contributed by atoms with Gasteiger partial charge in [0.1, 0.15) is 0 Å².